The summed E-state index contributed by atoms with van der Waals surface area (Å²) in [4.78, 5) is 36.5. The molecule has 0 radical (unpaired) electrons. The Kier molecular flexibility index (Phi) is 5.26. The summed E-state index contributed by atoms with van der Waals surface area (Å²) in [5.41, 5.74) is 1.54. The number of anilines is 1. The van der Waals surface area contributed by atoms with Crippen molar-refractivity contribution in [3.63, 3.8) is 0 Å². The van der Waals surface area contributed by atoms with Crippen LogP contribution in [0.4, 0.5) is 10.1 Å². The molecule has 2 aromatic rings. The van der Waals surface area contributed by atoms with E-state index in [1.54, 1.807) is 36.4 Å². The van der Waals surface area contributed by atoms with Gasteiger partial charge in [-0.1, -0.05) is 24.3 Å². The fraction of sp³-hybridized carbons (Fsp3) is 0.211. The molecule has 134 valence electrons. The Morgan fingerprint density at radius 1 is 1.12 bits per heavy atom. The van der Waals surface area contributed by atoms with Crippen LogP contribution in [0.5, 0.6) is 0 Å². The molecule has 1 atom stereocenters. The van der Waals surface area contributed by atoms with Gasteiger partial charge in [-0.3, -0.25) is 14.4 Å². The SMILES string of the molecule is O=C(C[C@H]1NC(=O)c2ccccc2NC1=O)NCCc1cccc(F)c1. The van der Waals surface area contributed by atoms with E-state index in [2.05, 4.69) is 16.0 Å². The Balaban J connectivity index is 1.54. The van der Waals surface area contributed by atoms with Crippen LogP contribution >= 0.6 is 0 Å². The summed E-state index contributed by atoms with van der Waals surface area (Å²) in [7, 11) is 0. The Labute approximate surface area is 149 Å². The molecule has 26 heavy (non-hydrogen) atoms. The lowest BCUT2D eigenvalue weighted by Gasteiger charge is -2.14. The highest BCUT2D eigenvalue weighted by Gasteiger charge is 2.29. The van der Waals surface area contributed by atoms with Crippen molar-refractivity contribution in [3.05, 3.63) is 65.5 Å². The maximum Gasteiger partial charge on any atom is 0.254 e. The summed E-state index contributed by atoms with van der Waals surface area (Å²) in [6.07, 6.45) is 0.298. The lowest BCUT2D eigenvalue weighted by molar-refractivity contribution is -0.125. The molecular weight excluding hydrogens is 337 g/mol. The molecule has 1 heterocycles. The largest absolute Gasteiger partial charge is 0.356 e. The van der Waals surface area contributed by atoms with Crippen molar-refractivity contribution in [3.8, 4) is 0 Å². The molecule has 0 saturated heterocycles. The number of amides is 3. The number of nitrogens with one attached hydrogen (secondary N) is 3. The second-order valence-electron chi connectivity index (χ2n) is 5.99. The number of rotatable bonds is 5. The third-order valence-electron chi connectivity index (χ3n) is 4.07. The van der Waals surface area contributed by atoms with Crippen LogP contribution in [0, 0.1) is 5.82 Å². The van der Waals surface area contributed by atoms with Gasteiger partial charge in [-0.05, 0) is 36.2 Å². The molecule has 0 spiro atoms. The van der Waals surface area contributed by atoms with Gasteiger partial charge in [0, 0.05) is 6.54 Å². The fourth-order valence-corrected chi connectivity index (χ4v) is 2.75. The van der Waals surface area contributed by atoms with Crippen LogP contribution in [0.15, 0.2) is 48.5 Å². The van der Waals surface area contributed by atoms with Gasteiger partial charge in [-0.2, -0.15) is 0 Å². The first-order chi connectivity index (χ1) is 12.5. The van der Waals surface area contributed by atoms with Crippen LogP contribution in [0.25, 0.3) is 0 Å². The van der Waals surface area contributed by atoms with E-state index < -0.39 is 17.9 Å². The van der Waals surface area contributed by atoms with Crippen LogP contribution < -0.4 is 16.0 Å². The summed E-state index contributed by atoms with van der Waals surface area (Å²) >= 11 is 0. The molecule has 3 amide bonds. The summed E-state index contributed by atoms with van der Waals surface area (Å²) < 4.78 is 13.1. The van der Waals surface area contributed by atoms with Crippen molar-refractivity contribution < 1.29 is 18.8 Å². The predicted molar refractivity (Wildman–Crippen MR) is 94.1 cm³/mol. The topological polar surface area (TPSA) is 87.3 Å². The van der Waals surface area contributed by atoms with E-state index in [0.29, 0.717) is 24.2 Å². The average Bonchev–Trinajstić information content (AvgIpc) is 2.72. The van der Waals surface area contributed by atoms with E-state index in [4.69, 9.17) is 0 Å². The van der Waals surface area contributed by atoms with Gasteiger partial charge in [0.05, 0.1) is 17.7 Å². The van der Waals surface area contributed by atoms with Crippen molar-refractivity contribution in [1.82, 2.24) is 10.6 Å². The monoisotopic (exact) mass is 355 g/mol. The number of carbonyl (C=O) groups is 3. The highest BCUT2D eigenvalue weighted by atomic mass is 19.1. The Bertz CT molecular complexity index is 853. The number of fused-ring (bicyclic) bond motifs is 1. The van der Waals surface area contributed by atoms with Crippen LogP contribution in [0.2, 0.25) is 0 Å². The van der Waals surface area contributed by atoms with Gasteiger partial charge >= 0.3 is 0 Å². The second kappa shape index (κ2) is 7.77. The molecule has 0 bridgehead atoms. The van der Waals surface area contributed by atoms with E-state index >= 15 is 0 Å². The molecule has 0 aromatic heterocycles. The standard InChI is InChI=1S/C19H18FN3O3/c20-13-5-3-4-12(10-13)8-9-21-17(24)11-16-19(26)22-15-7-2-1-6-14(15)18(25)23-16/h1-7,10,16H,8-9,11H2,(H,21,24)(H,22,26)(H,23,25)/t16-/m1/s1. The number of benzene rings is 2. The van der Waals surface area contributed by atoms with E-state index in [1.807, 2.05) is 0 Å². The van der Waals surface area contributed by atoms with Crippen molar-refractivity contribution in [2.24, 2.45) is 0 Å². The van der Waals surface area contributed by atoms with Crippen molar-refractivity contribution in [2.45, 2.75) is 18.9 Å². The normalized spacial score (nSPS) is 16.1. The molecule has 0 fully saturated rings. The van der Waals surface area contributed by atoms with Gasteiger partial charge < -0.3 is 16.0 Å². The smallest absolute Gasteiger partial charge is 0.254 e. The summed E-state index contributed by atoms with van der Waals surface area (Å²) in [6.45, 7) is 0.310. The molecule has 3 N–H and O–H groups in total. The minimum Gasteiger partial charge on any atom is -0.356 e. The number of hydrogen-bond donors (Lipinski definition) is 3. The van der Waals surface area contributed by atoms with Gasteiger partial charge in [0.15, 0.2) is 0 Å². The third kappa shape index (κ3) is 4.24. The number of halogens is 1. The highest BCUT2D eigenvalue weighted by Crippen LogP contribution is 2.18. The lowest BCUT2D eigenvalue weighted by Crippen LogP contribution is -2.44. The number of para-hydroxylation sites is 1. The van der Waals surface area contributed by atoms with Crippen LogP contribution in [-0.2, 0) is 16.0 Å². The zero-order valence-electron chi connectivity index (χ0n) is 13.9. The Morgan fingerprint density at radius 2 is 1.92 bits per heavy atom. The Hall–Kier alpha value is -3.22. The molecule has 6 nitrogen and oxygen atoms in total. The Morgan fingerprint density at radius 3 is 2.73 bits per heavy atom. The van der Waals surface area contributed by atoms with Crippen molar-refractivity contribution >= 4 is 23.4 Å². The quantitative estimate of drug-likeness (QED) is 0.762. The van der Waals surface area contributed by atoms with Crippen molar-refractivity contribution in [1.29, 1.82) is 0 Å². The minimum absolute atomic E-state index is 0.172. The van der Waals surface area contributed by atoms with E-state index in [1.165, 1.54) is 12.1 Å². The van der Waals surface area contributed by atoms with Gasteiger partial charge in [0.2, 0.25) is 11.8 Å². The third-order valence-corrected chi connectivity index (χ3v) is 4.07. The fourth-order valence-electron chi connectivity index (χ4n) is 2.75. The summed E-state index contributed by atoms with van der Waals surface area (Å²) in [5, 5.41) is 7.90. The molecule has 1 aliphatic heterocycles. The van der Waals surface area contributed by atoms with Crippen LogP contribution in [0.3, 0.4) is 0 Å². The number of carbonyl (C=O) groups excluding carboxylic acids is 3. The second-order valence-corrected chi connectivity index (χ2v) is 5.99. The van der Waals surface area contributed by atoms with E-state index in [-0.39, 0.29) is 18.1 Å². The van der Waals surface area contributed by atoms with Gasteiger partial charge in [0.25, 0.3) is 5.91 Å². The first-order valence-corrected chi connectivity index (χ1v) is 8.25. The van der Waals surface area contributed by atoms with E-state index in [0.717, 1.165) is 5.56 Å². The molecule has 2 aromatic carbocycles. The first-order valence-electron chi connectivity index (χ1n) is 8.25. The van der Waals surface area contributed by atoms with Crippen LogP contribution in [0.1, 0.15) is 22.3 Å². The number of hydrogen-bond acceptors (Lipinski definition) is 3. The zero-order valence-corrected chi connectivity index (χ0v) is 13.9. The lowest BCUT2D eigenvalue weighted by atomic mass is 10.1. The van der Waals surface area contributed by atoms with Gasteiger partial charge in [-0.25, -0.2) is 4.39 Å². The molecule has 0 aliphatic carbocycles. The summed E-state index contributed by atoms with van der Waals surface area (Å²) in [6, 6.07) is 11.8. The predicted octanol–water partition coefficient (Wildman–Crippen LogP) is 1.63. The molecular formula is C19H18FN3O3. The molecule has 1 aliphatic rings. The maximum atomic E-state index is 13.1. The molecule has 7 heteroatoms. The molecule has 3 rings (SSSR count). The maximum absolute atomic E-state index is 13.1. The van der Waals surface area contributed by atoms with Crippen LogP contribution in [-0.4, -0.2) is 30.3 Å². The van der Waals surface area contributed by atoms with Gasteiger partial charge in [0.1, 0.15) is 11.9 Å². The summed E-state index contributed by atoms with van der Waals surface area (Å²) in [5.74, 6) is -1.54. The van der Waals surface area contributed by atoms with Gasteiger partial charge in [-0.15, -0.1) is 0 Å². The molecule has 0 saturated carbocycles. The minimum atomic E-state index is -0.955. The van der Waals surface area contributed by atoms with E-state index in [9.17, 15) is 18.8 Å². The highest BCUT2D eigenvalue weighted by molar-refractivity contribution is 6.10. The first kappa shape index (κ1) is 17.6. The average molecular weight is 355 g/mol. The zero-order chi connectivity index (χ0) is 18.5. The van der Waals surface area contributed by atoms with Crippen molar-refractivity contribution in [2.75, 3.05) is 11.9 Å². The molecule has 0 unspecified atom stereocenters.